The van der Waals surface area contributed by atoms with E-state index >= 15 is 0 Å². The molecule has 1 heterocycles. The lowest BCUT2D eigenvalue weighted by molar-refractivity contribution is 0.111. The molecule has 2 unspecified atom stereocenters. The highest BCUT2D eigenvalue weighted by molar-refractivity contribution is 4.75. The van der Waals surface area contributed by atoms with Gasteiger partial charge in [-0.3, -0.25) is 0 Å². The maximum atomic E-state index is 2.83. The van der Waals surface area contributed by atoms with Gasteiger partial charge in [-0.1, -0.05) is 156 Å². The van der Waals surface area contributed by atoms with Crippen LogP contribution in [0, 0.1) is 11.8 Å². The first-order valence-corrected chi connectivity index (χ1v) is 17.7. The summed E-state index contributed by atoms with van der Waals surface area (Å²) in [6.45, 7) is 17.3. The number of piperazine rings is 1. The van der Waals surface area contributed by atoms with E-state index < -0.39 is 0 Å². The topological polar surface area (TPSA) is 6.48 Å². The highest BCUT2D eigenvalue weighted by atomic mass is 15.3. The van der Waals surface area contributed by atoms with Crippen LogP contribution < -0.4 is 0 Å². The first-order valence-electron chi connectivity index (χ1n) is 17.7. The summed E-state index contributed by atoms with van der Waals surface area (Å²) in [4.78, 5) is 5.61. The Hall–Kier alpha value is -0.0800. The van der Waals surface area contributed by atoms with Gasteiger partial charge in [0.2, 0.25) is 0 Å². The molecule has 0 amide bonds. The van der Waals surface area contributed by atoms with Crippen molar-refractivity contribution in [3.8, 4) is 0 Å². The van der Waals surface area contributed by atoms with Gasteiger partial charge in [0.1, 0.15) is 0 Å². The van der Waals surface area contributed by atoms with Gasteiger partial charge in [-0.15, -0.1) is 0 Å². The van der Waals surface area contributed by atoms with Gasteiger partial charge in [0.25, 0.3) is 0 Å². The Kier molecular flexibility index (Phi) is 24.7. The van der Waals surface area contributed by atoms with E-state index in [2.05, 4.69) is 37.5 Å². The summed E-state index contributed by atoms with van der Waals surface area (Å²) in [5.74, 6) is 1.96. The maximum absolute atomic E-state index is 2.83. The molecule has 0 spiro atoms. The predicted molar refractivity (Wildman–Crippen MR) is 169 cm³/mol. The summed E-state index contributed by atoms with van der Waals surface area (Å²) in [5.41, 5.74) is 0. The van der Waals surface area contributed by atoms with Crippen molar-refractivity contribution in [3.05, 3.63) is 0 Å². The van der Waals surface area contributed by atoms with E-state index in [1.165, 1.54) is 187 Å². The summed E-state index contributed by atoms with van der Waals surface area (Å²) in [6.07, 6.45) is 33.2. The fraction of sp³-hybridized carbons (Fsp3) is 1.00. The summed E-state index contributed by atoms with van der Waals surface area (Å²) in [7, 11) is 0. The number of hydrogen-bond donors (Lipinski definition) is 0. The van der Waals surface area contributed by atoms with Gasteiger partial charge in [0.15, 0.2) is 0 Å². The molecule has 0 N–H and O–H groups in total. The molecule has 0 aromatic carbocycles. The number of rotatable bonds is 27. The van der Waals surface area contributed by atoms with Crippen molar-refractivity contribution in [2.75, 3.05) is 39.3 Å². The molecule has 0 bridgehead atoms. The Balaban J connectivity index is 2.26. The second kappa shape index (κ2) is 26.2. The molecular formula is C35H72N2. The van der Waals surface area contributed by atoms with E-state index in [4.69, 9.17) is 0 Å². The normalized spacial score (nSPS) is 16.9. The van der Waals surface area contributed by atoms with Gasteiger partial charge >= 0.3 is 0 Å². The third-order valence-corrected chi connectivity index (χ3v) is 9.18. The molecule has 0 radical (unpaired) electrons. The SMILES string of the molecule is CCCCCCCC(CCCCCC)CN1CCN(CCCCC(CCCCC)CCCCCC)CC1. The van der Waals surface area contributed by atoms with E-state index in [-0.39, 0.29) is 0 Å². The lowest BCUT2D eigenvalue weighted by atomic mass is 9.90. The van der Waals surface area contributed by atoms with Crippen LogP contribution in [0.4, 0.5) is 0 Å². The van der Waals surface area contributed by atoms with Crippen LogP contribution in [0.2, 0.25) is 0 Å². The second-order valence-corrected chi connectivity index (χ2v) is 12.8. The standard InChI is InChI=1S/C35H72N2/c1-5-9-13-16-20-27-35(26-19-15-11-7-3)33-37-31-29-36(30-32-37)28-22-21-25-34(23-17-12-8-4)24-18-14-10-6-2/h34-35H,5-33H2,1-4H3. The first-order chi connectivity index (χ1) is 18.2. The average Bonchev–Trinajstić information content (AvgIpc) is 2.91. The largest absolute Gasteiger partial charge is 0.301 e. The molecule has 0 aliphatic carbocycles. The van der Waals surface area contributed by atoms with Crippen LogP contribution in [0.3, 0.4) is 0 Å². The van der Waals surface area contributed by atoms with Gasteiger partial charge in [0, 0.05) is 32.7 Å². The summed E-state index contributed by atoms with van der Waals surface area (Å²) in [5, 5.41) is 0. The first kappa shape index (κ1) is 34.9. The molecule has 2 atom stereocenters. The van der Waals surface area contributed by atoms with Gasteiger partial charge in [-0.25, -0.2) is 0 Å². The highest BCUT2D eigenvalue weighted by Crippen LogP contribution is 2.24. The van der Waals surface area contributed by atoms with E-state index in [1.54, 1.807) is 0 Å². The van der Waals surface area contributed by atoms with Crippen LogP contribution >= 0.6 is 0 Å². The molecule has 222 valence electrons. The number of unbranched alkanes of at least 4 members (excludes halogenated alkanes) is 13. The molecule has 1 aliphatic rings. The van der Waals surface area contributed by atoms with Gasteiger partial charge < -0.3 is 9.80 Å². The minimum absolute atomic E-state index is 0.951. The van der Waals surface area contributed by atoms with Crippen molar-refractivity contribution < 1.29 is 0 Å². The van der Waals surface area contributed by atoms with Crippen LogP contribution in [0.5, 0.6) is 0 Å². The van der Waals surface area contributed by atoms with Crippen LogP contribution in [0.25, 0.3) is 0 Å². The van der Waals surface area contributed by atoms with Crippen molar-refractivity contribution >= 4 is 0 Å². The lowest BCUT2D eigenvalue weighted by Gasteiger charge is -2.36. The fourth-order valence-electron chi connectivity index (χ4n) is 6.53. The molecule has 2 nitrogen and oxygen atoms in total. The summed E-state index contributed by atoms with van der Waals surface area (Å²) >= 11 is 0. The van der Waals surface area contributed by atoms with Gasteiger partial charge in [-0.05, 0) is 37.6 Å². The molecule has 1 aliphatic heterocycles. The van der Waals surface area contributed by atoms with Gasteiger partial charge in [0.05, 0.1) is 0 Å². The third-order valence-electron chi connectivity index (χ3n) is 9.18. The lowest BCUT2D eigenvalue weighted by Crippen LogP contribution is -2.47. The van der Waals surface area contributed by atoms with Crippen LogP contribution in [0.15, 0.2) is 0 Å². The predicted octanol–water partition coefficient (Wildman–Crippen LogP) is 10.9. The van der Waals surface area contributed by atoms with Gasteiger partial charge in [-0.2, -0.15) is 0 Å². The molecule has 2 heteroatoms. The molecule has 37 heavy (non-hydrogen) atoms. The minimum atomic E-state index is 0.951. The Labute approximate surface area is 236 Å². The molecular weight excluding hydrogens is 448 g/mol. The zero-order valence-electron chi connectivity index (χ0n) is 26.6. The van der Waals surface area contributed by atoms with E-state index in [9.17, 15) is 0 Å². The van der Waals surface area contributed by atoms with Crippen molar-refractivity contribution in [2.45, 2.75) is 175 Å². The fourth-order valence-corrected chi connectivity index (χ4v) is 6.53. The smallest absolute Gasteiger partial charge is 0.0110 e. The zero-order chi connectivity index (χ0) is 26.8. The van der Waals surface area contributed by atoms with Crippen molar-refractivity contribution in [1.82, 2.24) is 9.80 Å². The van der Waals surface area contributed by atoms with Crippen molar-refractivity contribution in [3.63, 3.8) is 0 Å². The molecule has 0 aromatic heterocycles. The Morgan fingerprint density at radius 2 is 0.730 bits per heavy atom. The Bertz CT molecular complexity index is 443. The van der Waals surface area contributed by atoms with E-state index in [0.717, 1.165) is 11.8 Å². The molecule has 1 fully saturated rings. The molecule has 1 saturated heterocycles. The summed E-state index contributed by atoms with van der Waals surface area (Å²) in [6, 6.07) is 0. The number of nitrogens with zero attached hydrogens (tertiary/aromatic N) is 2. The summed E-state index contributed by atoms with van der Waals surface area (Å²) < 4.78 is 0. The minimum Gasteiger partial charge on any atom is -0.301 e. The number of hydrogen-bond acceptors (Lipinski definition) is 2. The second-order valence-electron chi connectivity index (χ2n) is 12.8. The van der Waals surface area contributed by atoms with E-state index in [1.807, 2.05) is 0 Å². The Morgan fingerprint density at radius 3 is 1.24 bits per heavy atom. The monoisotopic (exact) mass is 521 g/mol. The molecule has 0 saturated carbocycles. The van der Waals surface area contributed by atoms with Crippen LogP contribution in [-0.4, -0.2) is 49.1 Å². The quantitative estimate of drug-likeness (QED) is 0.0993. The van der Waals surface area contributed by atoms with E-state index in [0.29, 0.717) is 0 Å². The average molecular weight is 521 g/mol. The van der Waals surface area contributed by atoms with Crippen LogP contribution in [-0.2, 0) is 0 Å². The third kappa shape index (κ3) is 20.5. The van der Waals surface area contributed by atoms with Crippen LogP contribution in [0.1, 0.15) is 175 Å². The Morgan fingerprint density at radius 1 is 0.378 bits per heavy atom. The maximum Gasteiger partial charge on any atom is 0.0110 e. The molecule has 1 rings (SSSR count). The van der Waals surface area contributed by atoms with Crippen molar-refractivity contribution in [2.24, 2.45) is 11.8 Å². The zero-order valence-corrected chi connectivity index (χ0v) is 26.6. The molecule has 0 aromatic rings. The highest BCUT2D eigenvalue weighted by Gasteiger charge is 2.20. The van der Waals surface area contributed by atoms with Crippen molar-refractivity contribution in [1.29, 1.82) is 0 Å².